The Morgan fingerprint density at radius 3 is 2.37 bits per heavy atom. The topological polar surface area (TPSA) is 91.8 Å². The van der Waals surface area contributed by atoms with Crippen LogP contribution in [-0.2, 0) is 9.53 Å². The van der Waals surface area contributed by atoms with E-state index in [4.69, 9.17) is 15.9 Å². The van der Waals surface area contributed by atoms with Crippen LogP contribution in [0.3, 0.4) is 0 Å². The number of anilines is 1. The minimum atomic E-state index is -0.824. The second kappa shape index (κ2) is 9.91. The maximum atomic E-state index is 13.1. The Kier molecular flexibility index (Phi) is 7.29. The number of amidine groups is 1. The molecule has 0 aliphatic carbocycles. The lowest BCUT2D eigenvalue weighted by atomic mass is 9.70. The molecule has 1 aliphatic rings. The second-order valence-electron chi connectivity index (χ2n) is 7.75. The predicted octanol–water partition coefficient (Wildman–Crippen LogP) is 4.11. The highest BCUT2D eigenvalue weighted by Crippen LogP contribution is 2.42. The highest BCUT2D eigenvalue weighted by Gasteiger charge is 2.39. The molecule has 1 amide bonds. The van der Waals surface area contributed by atoms with Crippen molar-refractivity contribution < 1.29 is 11.0 Å². The first-order valence-electron chi connectivity index (χ1n) is 9.95. The molecular formula is C23H30N4O2S. The average Bonchev–Trinajstić information content (AvgIpc) is 2.76. The third-order valence-electron chi connectivity index (χ3n) is 5.40. The van der Waals surface area contributed by atoms with Crippen LogP contribution in [0.2, 0.25) is 0 Å². The zero-order chi connectivity index (χ0) is 21.6. The summed E-state index contributed by atoms with van der Waals surface area (Å²) in [6.07, 6.45) is 0. The summed E-state index contributed by atoms with van der Waals surface area (Å²) in [6.45, 7) is 7.03. The van der Waals surface area contributed by atoms with E-state index in [1.165, 1.54) is 0 Å². The monoisotopic (exact) mass is 426 g/mol. The van der Waals surface area contributed by atoms with Gasteiger partial charge in [-0.15, -0.1) is 0 Å². The second-order valence-corrected chi connectivity index (χ2v) is 8.64. The van der Waals surface area contributed by atoms with Crippen LogP contribution in [-0.4, -0.2) is 42.9 Å². The molecule has 160 valence electrons. The van der Waals surface area contributed by atoms with E-state index in [2.05, 4.69) is 34.2 Å². The number of ether oxygens (including phenoxy) is 1. The van der Waals surface area contributed by atoms with Gasteiger partial charge in [0, 0.05) is 26.1 Å². The van der Waals surface area contributed by atoms with Crippen molar-refractivity contribution in [1.29, 1.82) is 5.41 Å². The first-order valence-corrected chi connectivity index (χ1v) is 10.8. The summed E-state index contributed by atoms with van der Waals surface area (Å²) in [7, 11) is 0. The van der Waals surface area contributed by atoms with E-state index >= 15 is 0 Å². The molecular weight excluding hydrogens is 396 g/mol. The number of rotatable bonds is 6. The van der Waals surface area contributed by atoms with Gasteiger partial charge in [-0.05, 0) is 35.0 Å². The van der Waals surface area contributed by atoms with E-state index in [9.17, 15) is 4.79 Å². The lowest BCUT2D eigenvalue weighted by Crippen LogP contribution is -2.36. The van der Waals surface area contributed by atoms with Crippen LogP contribution in [0.1, 0.15) is 32.3 Å². The van der Waals surface area contributed by atoms with Crippen LogP contribution in [0, 0.1) is 10.8 Å². The summed E-state index contributed by atoms with van der Waals surface area (Å²) in [5.74, 6) is -0.494. The molecule has 6 nitrogen and oxygen atoms in total. The van der Waals surface area contributed by atoms with E-state index in [1.807, 2.05) is 44.2 Å². The van der Waals surface area contributed by atoms with Gasteiger partial charge in [-0.2, -0.15) is 4.99 Å². The Labute approximate surface area is 183 Å². The van der Waals surface area contributed by atoms with Crippen molar-refractivity contribution in [3.63, 3.8) is 0 Å². The number of benzene rings is 2. The van der Waals surface area contributed by atoms with Gasteiger partial charge in [0.1, 0.15) is 0 Å². The van der Waals surface area contributed by atoms with Crippen molar-refractivity contribution in [2.24, 2.45) is 16.1 Å². The van der Waals surface area contributed by atoms with Crippen LogP contribution in [0.25, 0.3) is 0 Å². The number of amides is 1. The van der Waals surface area contributed by atoms with Crippen molar-refractivity contribution in [2.75, 3.05) is 31.2 Å². The molecule has 0 unspecified atom stereocenters. The number of hydrogen-bond acceptors (Lipinski definition) is 5. The Hall–Kier alpha value is -2.64. The molecule has 30 heavy (non-hydrogen) atoms. The summed E-state index contributed by atoms with van der Waals surface area (Å²) < 4.78 is 5.44. The van der Waals surface area contributed by atoms with Crippen LogP contribution < -0.4 is 10.6 Å². The fraction of sp³-hybridized carbons (Fsp3) is 0.348. The Bertz CT molecular complexity index is 898. The highest BCUT2D eigenvalue weighted by atomic mass is 32.2. The van der Waals surface area contributed by atoms with E-state index in [-0.39, 0.29) is 18.4 Å². The molecule has 0 radical (unpaired) electrons. The molecule has 1 atom stereocenters. The molecule has 7 heteroatoms. The van der Waals surface area contributed by atoms with Crippen molar-refractivity contribution in [2.45, 2.75) is 19.8 Å². The number of nitrogens with zero attached hydrogens (tertiary/aromatic N) is 2. The normalized spacial score (nSPS) is 16.2. The van der Waals surface area contributed by atoms with Gasteiger partial charge in [0.15, 0.2) is 5.17 Å². The van der Waals surface area contributed by atoms with Gasteiger partial charge < -0.3 is 20.8 Å². The summed E-state index contributed by atoms with van der Waals surface area (Å²) >= 11 is 0.930. The van der Waals surface area contributed by atoms with E-state index < -0.39 is 5.41 Å². The van der Waals surface area contributed by atoms with Crippen molar-refractivity contribution >= 4 is 34.1 Å². The number of aliphatic imine (C=N–C) groups is 1. The summed E-state index contributed by atoms with van der Waals surface area (Å²) in [4.78, 5) is 19.4. The Morgan fingerprint density at radius 2 is 1.77 bits per heavy atom. The predicted molar refractivity (Wildman–Crippen MR) is 127 cm³/mol. The highest BCUT2D eigenvalue weighted by molar-refractivity contribution is 8.24. The molecule has 3 N–H and O–H groups in total. The van der Waals surface area contributed by atoms with Gasteiger partial charge in [-0.3, -0.25) is 4.79 Å². The fourth-order valence-electron chi connectivity index (χ4n) is 3.82. The molecule has 0 saturated carbocycles. The van der Waals surface area contributed by atoms with Crippen molar-refractivity contribution in [1.82, 2.24) is 0 Å². The lowest BCUT2D eigenvalue weighted by Gasteiger charge is -2.33. The number of morpholine rings is 1. The standard InChI is InChI=1S/C23H28N4O2S.H2/c1-23(2,21(28)26-22(25)30-16-24)20(17-6-4-3-5-7-17)18-8-10-19(11-9-18)27-12-14-29-15-13-27;/h3-11,16,20,24H,12-15H2,1-2H3,(H2,25,26,28);1H/t20-;/m1./s1. The molecule has 1 aliphatic heterocycles. The average molecular weight is 427 g/mol. The third-order valence-corrected chi connectivity index (χ3v) is 5.85. The first-order chi connectivity index (χ1) is 14.4. The number of carbonyl (C=O) groups is 1. The summed E-state index contributed by atoms with van der Waals surface area (Å²) in [5, 5.41) is 7.23. The molecule has 0 bridgehead atoms. The molecule has 2 aromatic carbocycles. The zero-order valence-electron chi connectivity index (χ0n) is 17.4. The van der Waals surface area contributed by atoms with Gasteiger partial charge in [0.25, 0.3) is 5.91 Å². The molecule has 3 rings (SSSR count). The summed E-state index contributed by atoms with van der Waals surface area (Å²) in [5.41, 5.74) is 9.28. The summed E-state index contributed by atoms with van der Waals surface area (Å²) in [6, 6.07) is 18.4. The largest absolute Gasteiger partial charge is 0.378 e. The van der Waals surface area contributed by atoms with Gasteiger partial charge in [0.2, 0.25) is 0 Å². The lowest BCUT2D eigenvalue weighted by molar-refractivity contribution is -0.126. The fourth-order valence-corrected chi connectivity index (χ4v) is 4.08. The van der Waals surface area contributed by atoms with Gasteiger partial charge in [0.05, 0.1) is 24.2 Å². The molecule has 1 saturated heterocycles. The molecule has 0 spiro atoms. The molecule has 1 fully saturated rings. The molecule has 2 aromatic rings. The number of hydrogen-bond donors (Lipinski definition) is 2. The number of carbonyl (C=O) groups excluding carboxylic acids is 1. The Morgan fingerprint density at radius 1 is 1.17 bits per heavy atom. The van der Waals surface area contributed by atoms with Gasteiger partial charge in [-0.25, -0.2) is 0 Å². The van der Waals surface area contributed by atoms with Gasteiger partial charge >= 0.3 is 0 Å². The van der Waals surface area contributed by atoms with Gasteiger partial charge in [-0.1, -0.05) is 56.3 Å². The first kappa shape index (κ1) is 22.1. The van der Waals surface area contributed by atoms with Crippen molar-refractivity contribution in [3.05, 3.63) is 65.7 Å². The number of nitrogens with two attached hydrogens (primary N) is 1. The maximum absolute atomic E-state index is 13.1. The van der Waals surface area contributed by atoms with Crippen LogP contribution in [0.15, 0.2) is 59.6 Å². The molecule has 1 heterocycles. The zero-order valence-corrected chi connectivity index (χ0v) is 18.2. The van der Waals surface area contributed by atoms with E-state index in [0.29, 0.717) is 0 Å². The SMILES string of the molecule is CC(C)(C(=O)N=C(N)SC=N)[C@H](c1ccccc1)c1ccc(N2CCOCC2)cc1.[HH]. The Balaban J connectivity index is 0.00000341. The van der Waals surface area contributed by atoms with Crippen molar-refractivity contribution in [3.8, 4) is 0 Å². The minimum absolute atomic E-state index is 0. The quantitative estimate of drug-likeness (QED) is 0.536. The number of thioether (sulfide) groups is 1. The van der Waals surface area contributed by atoms with Crippen LogP contribution in [0.5, 0.6) is 0 Å². The minimum Gasteiger partial charge on any atom is -0.378 e. The number of nitrogens with one attached hydrogen (secondary N) is 1. The van der Waals surface area contributed by atoms with Crippen LogP contribution >= 0.6 is 11.8 Å². The third kappa shape index (κ3) is 5.09. The molecule has 0 aromatic heterocycles. The van der Waals surface area contributed by atoms with Crippen LogP contribution in [0.4, 0.5) is 5.69 Å². The van der Waals surface area contributed by atoms with E-state index in [1.54, 1.807) is 0 Å². The van der Waals surface area contributed by atoms with E-state index in [0.717, 1.165) is 60.4 Å². The maximum Gasteiger partial charge on any atom is 0.254 e. The smallest absolute Gasteiger partial charge is 0.254 e.